The van der Waals surface area contributed by atoms with E-state index in [4.69, 9.17) is 21.4 Å². The lowest BCUT2D eigenvalue weighted by molar-refractivity contribution is 0.102. The molecule has 0 atom stereocenters. The van der Waals surface area contributed by atoms with Crippen molar-refractivity contribution in [1.82, 2.24) is 5.32 Å². The minimum Gasteiger partial charge on any atom is -0.496 e. The highest BCUT2D eigenvalue weighted by atomic mass is 32.1. The van der Waals surface area contributed by atoms with Crippen LogP contribution < -0.4 is 20.7 Å². The minimum atomic E-state index is -0.231. The average molecular weight is 446 g/mol. The Balaban J connectivity index is 1.26. The van der Waals surface area contributed by atoms with Gasteiger partial charge < -0.3 is 25.1 Å². The van der Waals surface area contributed by atoms with Gasteiger partial charge in [-0.05, 0) is 60.7 Å². The van der Waals surface area contributed by atoms with Gasteiger partial charge in [0.15, 0.2) is 5.11 Å². The summed E-state index contributed by atoms with van der Waals surface area (Å²) in [5, 5.41) is 10.8. The summed E-state index contributed by atoms with van der Waals surface area (Å²) < 4.78 is 11.1. The molecule has 0 unspecified atom stereocenters. The summed E-state index contributed by atoms with van der Waals surface area (Å²) in [4.78, 5) is 12.5. The van der Waals surface area contributed by atoms with Gasteiger partial charge in [-0.1, -0.05) is 30.3 Å². The topological polar surface area (TPSA) is 75.5 Å². The molecule has 3 aromatic carbocycles. The molecule has 0 fully saturated rings. The number of furan rings is 1. The fourth-order valence-corrected chi connectivity index (χ4v) is 3.52. The third-order valence-corrected chi connectivity index (χ3v) is 5.13. The fourth-order valence-electron chi connectivity index (χ4n) is 3.30. The van der Waals surface area contributed by atoms with Gasteiger partial charge in [0.1, 0.15) is 17.1 Å². The molecule has 0 aliphatic rings. The zero-order valence-corrected chi connectivity index (χ0v) is 18.4. The first-order valence-corrected chi connectivity index (χ1v) is 10.6. The molecule has 32 heavy (non-hydrogen) atoms. The normalized spacial score (nSPS) is 10.5. The molecule has 7 heteroatoms. The number of hydrogen-bond acceptors (Lipinski definition) is 4. The molecule has 1 amide bonds. The Kier molecular flexibility index (Phi) is 6.67. The zero-order valence-electron chi connectivity index (χ0n) is 17.6. The SMILES string of the molecule is COc1ccccc1C(=O)Nc1ccc(NC(=S)NCCc2cc3ccccc3o2)cc1. The van der Waals surface area contributed by atoms with Gasteiger partial charge in [0.05, 0.1) is 12.7 Å². The van der Waals surface area contributed by atoms with Crippen molar-refractivity contribution in [3.05, 3.63) is 90.2 Å². The van der Waals surface area contributed by atoms with Crippen LogP contribution in [0.4, 0.5) is 11.4 Å². The number of amides is 1. The maximum absolute atomic E-state index is 12.5. The Morgan fingerprint density at radius 3 is 2.38 bits per heavy atom. The summed E-state index contributed by atoms with van der Waals surface area (Å²) in [6.07, 6.45) is 0.727. The summed E-state index contributed by atoms with van der Waals surface area (Å²) in [6.45, 7) is 0.651. The number of methoxy groups -OCH3 is 1. The van der Waals surface area contributed by atoms with Gasteiger partial charge in [-0.2, -0.15) is 0 Å². The van der Waals surface area contributed by atoms with Gasteiger partial charge in [-0.15, -0.1) is 0 Å². The van der Waals surface area contributed by atoms with E-state index in [2.05, 4.69) is 16.0 Å². The van der Waals surface area contributed by atoms with Crippen molar-refractivity contribution in [2.75, 3.05) is 24.3 Å². The van der Waals surface area contributed by atoms with Crippen molar-refractivity contribution in [2.45, 2.75) is 6.42 Å². The van der Waals surface area contributed by atoms with Gasteiger partial charge in [-0.3, -0.25) is 4.79 Å². The van der Waals surface area contributed by atoms with Gasteiger partial charge in [-0.25, -0.2) is 0 Å². The predicted octanol–water partition coefficient (Wildman–Crippen LogP) is 5.22. The number of benzene rings is 3. The lowest BCUT2D eigenvalue weighted by Gasteiger charge is -2.12. The van der Waals surface area contributed by atoms with E-state index in [1.807, 2.05) is 60.7 Å². The second-order valence-corrected chi connectivity index (χ2v) is 7.52. The van der Waals surface area contributed by atoms with Gasteiger partial charge in [0.2, 0.25) is 0 Å². The number of ether oxygens (including phenoxy) is 1. The quantitative estimate of drug-likeness (QED) is 0.339. The summed E-state index contributed by atoms with van der Waals surface area (Å²) in [7, 11) is 1.54. The van der Waals surface area contributed by atoms with Crippen LogP contribution in [0.25, 0.3) is 11.0 Å². The molecule has 6 nitrogen and oxygen atoms in total. The molecule has 4 rings (SSSR count). The number of para-hydroxylation sites is 2. The zero-order chi connectivity index (χ0) is 22.3. The maximum Gasteiger partial charge on any atom is 0.259 e. The molecular formula is C25H23N3O3S. The Morgan fingerprint density at radius 2 is 1.62 bits per heavy atom. The van der Waals surface area contributed by atoms with Crippen molar-refractivity contribution in [3.8, 4) is 5.75 Å². The van der Waals surface area contributed by atoms with E-state index in [1.54, 1.807) is 25.3 Å². The Bertz CT molecular complexity index is 1200. The molecule has 0 aliphatic heterocycles. The molecule has 1 aromatic heterocycles. The van der Waals surface area contributed by atoms with E-state index < -0.39 is 0 Å². The van der Waals surface area contributed by atoms with E-state index in [1.165, 1.54) is 0 Å². The molecule has 0 radical (unpaired) electrons. The molecule has 0 spiro atoms. The minimum absolute atomic E-state index is 0.231. The van der Waals surface area contributed by atoms with Crippen molar-refractivity contribution in [3.63, 3.8) is 0 Å². The highest BCUT2D eigenvalue weighted by molar-refractivity contribution is 7.80. The lowest BCUT2D eigenvalue weighted by Crippen LogP contribution is -2.30. The predicted molar refractivity (Wildman–Crippen MR) is 132 cm³/mol. The summed E-state index contributed by atoms with van der Waals surface area (Å²) in [5.41, 5.74) is 2.87. The first-order valence-electron chi connectivity index (χ1n) is 10.2. The highest BCUT2D eigenvalue weighted by Gasteiger charge is 2.11. The van der Waals surface area contributed by atoms with Crippen LogP contribution in [0.3, 0.4) is 0 Å². The molecular weight excluding hydrogens is 422 g/mol. The monoisotopic (exact) mass is 445 g/mol. The maximum atomic E-state index is 12.5. The second-order valence-electron chi connectivity index (χ2n) is 7.11. The van der Waals surface area contributed by atoms with Gasteiger partial charge in [0.25, 0.3) is 5.91 Å². The number of carbonyl (C=O) groups excluding carboxylic acids is 1. The van der Waals surface area contributed by atoms with Crippen LogP contribution >= 0.6 is 12.2 Å². The molecule has 3 N–H and O–H groups in total. The number of anilines is 2. The Hall–Kier alpha value is -3.84. The molecule has 0 aliphatic carbocycles. The van der Waals surface area contributed by atoms with Crippen LogP contribution in [-0.2, 0) is 6.42 Å². The number of thiocarbonyl (C=S) groups is 1. The van der Waals surface area contributed by atoms with Crippen molar-refractivity contribution in [2.24, 2.45) is 0 Å². The number of carbonyl (C=O) groups is 1. The summed E-state index contributed by atoms with van der Waals surface area (Å²) >= 11 is 5.37. The van der Waals surface area contributed by atoms with Crippen molar-refractivity contribution >= 4 is 45.6 Å². The van der Waals surface area contributed by atoms with E-state index >= 15 is 0 Å². The van der Waals surface area contributed by atoms with Crippen LogP contribution in [0.2, 0.25) is 0 Å². The van der Waals surface area contributed by atoms with E-state index in [-0.39, 0.29) is 5.91 Å². The smallest absolute Gasteiger partial charge is 0.259 e. The van der Waals surface area contributed by atoms with Crippen LogP contribution in [0.15, 0.2) is 83.3 Å². The average Bonchev–Trinajstić information content (AvgIpc) is 3.23. The van der Waals surface area contributed by atoms with Crippen LogP contribution in [0.1, 0.15) is 16.1 Å². The van der Waals surface area contributed by atoms with E-state index in [0.29, 0.717) is 28.7 Å². The van der Waals surface area contributed by atoms with E-state index in [9.17, 15) is 4.79 Å². The van der Waals surface area contributed by atoms with E-state index in [0.717, 1.165) is 28.8 Å². The third kappa shape index (κ3) is 5.25. The Labute approximate surface area is 191 Å². The molecule has 0 bridgehead atoms. The largest absolute Gasteiger partial charge is 0.496 e. The molecule has 1 heterocycles. The Morgan fingerprint density at radius 1 is 0.938 bits per heavy atom. The third-order valence-electron chi connectivity index (χ3n) is 4.89. The van der Waals surface area contributed by atoms with Crippen molar-refractivity contribution in [1.29, 1.82) is 0 Å². The van der Waals surface area contributed by atoms with Crippen molar-refractivity contribution < 1.29 is 13.9 Å². The van der Waals surface area contributed by atoms with Gasteiger partial charge in [0, 0.05) is 29.7 Å². The van der Waals surface area contributed by atoms with Crippen LogP contribution in [0, 0.1) is 0 Å². The standard InChI is InChI=1S/C25H23N3O3S/c1-30-23-9-5-3-7-21(23)24(29)27-18-10-12-19(13-11-18)28-25(32)26-15-14-20-16-17-6-2-4-8-22(17)31-20/h2-13,16H,14-15H2,1H3,(H,27,29)(H2,26,28,32). The van der Waals surface area contributed by atoms with Crippen LogP contribution in [-0.4, -0.2) is 24.7 Å². The number of nitrogens with one attached hydrogen (secondary N) is 3. The highest BCUT2D eigenvalue weighted by Crippen LogP contribution is 2.21. The summed E-state index contributed by atoms with van der Waals surface area (Å²) in [6, 6.07) is 24.4. The second kappa shape index (κ2) is 9.98. The summed E-state index contributed by atoms with van der Waals surface area (Å²) in [5.74, 6) is 1.21. The first kappa shape index (κ1) is 21.4. The number of hydrogen-bond donors (Lipinski definition) is 3. The molecule has 0 saturated carbocycles. The lowest BCUT2D eigenvalue weighted by atomic mass is 10.2. The molecule has 0 saturated heterocycles. The number of rotatable bonds is 7. The number of fused-ring (bicyclic) bond motifs is 1. The van der Waals surface area contributed by atoms with Crippen LogP contribution in [0.5, 0.6) is 5.75 Å². The fraction of sp³-hybridized carbons (Fsp3) is 0.120. The molecule has 162 valence electrons. The molecule has 4 aromatic rings. The first-order chi connectivity index (χ1) is 15.6. The van der Waals surface area contributed by atoms with Gasteiger partial charge >= 0.3 is 0 Å².